The number of benzene rings is 1. The summed E-state index contributed by atoms with van der Waals surface area (Å²) in [7, 11) is 0. The Labute approximate surface area is 163 Å². The van der Waals surface area contributed by atoms with E-state index in [9.17, 15) is 14.7 Å². The number of nitrogens with one attached hydrogen (secondary N) is 2. The number of amides is 1. The second-order valence-corrected chi connectivity index (χ2v) is 7.00. The Morgan fingerprint density at radius 3 is 2.64 bits per heavy atom. The Hall–Kier alpha value is -2.69. The highest BCUT2D eigenvalue weighted by Crippen LogP contribution is 2.37. The van der Waals surface area contributed by atoms with Crippen molar-refractivity contribution in [3.63, 3.8) is 0 Å². The molecule has 0 aliphatic carbocycles. The van der Waals surface area contributed by atoms with Crippen molar-refractivity contribution in [1.82, 2.24) is 10.6 Å². The Balaban J connectivity index is 1.85. The van der Waals surface area contributed by atoms with Crippen LogP contribution in [-0.4, -0.2) is 53.0 Å². The summed E-state index contributed by atoms with van der Waals surface area (Å²) in [5.41, 5.74) is 12.2. The summed E-state index contributed by atoms with van der Waals surface area (Å²) in [4.78, 5) is 27.1. The van der Waals surface area contributed by atoms with Crippen molar-refractivity contribution in [1.29, 1.82) is 0 Å². The molecule has 4 atom stereocenters. The van der Waals surface area contributed by atoms with E-state index < -0.39 is 24.0 Å². The van der Waals surface area contributed by atoms with Gasteiger partial charge < -0.3 is 31.7 Å². The maximum atomic E-state index is 12.1. The number of nitrogens with zero attached hydrogens (tertiary/aromatic N) is 1. The average Bonchev–Trinajstić information content (AvgIpc) is 3.37. The fourth-order valence-electron chi connectivity index (χ4n) is 2.80. The molecule has 2 rings (SSSR count). The van der Waals surface area contributed by atoms with Crippen LogP contribution in [-0.2, 0) is 14.3 Å². The van der Waals surface area contributed by atoms with Crippen LogP contribution in [0.5, 0.6) is 0 Å². The first-order valence-corrected chi connectivity index (χ1v) is 8.95. The number of ether oxygens (including phenoxy) is 1. The number of aliphatic hydroxyl groups excluding tert-OH is 1. The van der Waals surface area contributed by atoms with E-state index in [0.29, 0.717) is 5.69 Å². The minimum Gasteiger partial charge on any atom is -0.481 e. The van der Waals surface area contributed by atoms with Gasteiger partial charge in [0.15, 0.2) is 5.96 Å². The van der Waals surface area contributed by atoms with Gasteiger partial charge in [0.25, 0.3) is 0 Å². The zero-order chi connectivity index (χ0) is 20.8. The molecule has 1 aliphatic rings. The molecule has 10 nitrogen and oxygen atoms in total. The van der Waals surface area contributed by atoms with Crippen LogP contribution in [0, 0.1) is 5.92 Å². The second kappa shape index (κ2) is 9.49. The number of hydrogen-bond acceptors (Lipinski definition) is 6. The van der Waals surface area contributed by atoms with E-state index in [-0.39, 0.29) is 37.2 Å². The lowest BCUT2D eigenvalue weighted by atomic mass is 9.97. The highest BCUT2D eigenvalue weighted by molar-refractivity contribution is 5.79. The molecule has 0 spiro atoms. The molecule has 0 bridgehead atoms. The van der Waals surface area contributed by atoms with Gasteiger partial charge in [0.2, 0.25) is 5.91 Å². The Morgan fingerprint density at radius 2 is 2.04 bits per heavy atom. The van der Waals surface area contributed by atoms with E-state index in [0.717, 1.165) is 5.56 Å². The van der Waals surface area contributed by atoms with E-state index in [1.165, 1.54) is 0 Å². The Morgan fingerprint density at radius 1 is 1.32 bits per heavy atom. The number of aliphatic imine (C=N–C) groups is 1. The number of carbonyl (C=O) groups is 2. The number of guanidine groups is 1. The monoisotopic (exact) mass is 393 g/mol. The summed E-state index contributed by atoms with van der Waals surface area (Å²) >= 11 is 0. The molecular weight excluding hydrogens is 366 g/mol. The van der Waals surface area contributed by atoms with Crippen molar-refractivity contribution in [2.45, 2.75) is 44.7 Å². The molecular formula is C18H27N5O5. The van der Waals surface area contributed by atoms with E-state index in [2.05, 4.69) is 15.6 Å². The molecule has 1 aromatic carbocycles. The van der Waals surface area contributed by atoms with Gasteiger partial charge in [0.05, 0.1) is 30.8 Å². The summed E-state index contributed by atoms with van der Waals surface area (Å²) in [5.74, 6) is -1.75. The topological polar surface area (TPSA) is 176 Å². The molecule has 4 unspecified atom stereocenters. The number of carbonyl (C=O) groups excluding carboxylic acids is 1. The second-order valence-electron chi connectivity index (χ2n) is 7.00. The summed E-state index contributed by atoms with van der Waals surface area (Å²) in [6.07, 6.45) is -1.90. The normalized spacial score (nSPS) is 20.3. The van der Waals surface area contributed by atoms with Gasteiger partial charge in [-0.1, -0.05) is 26.0 Å². The lowest BCUT2D eigenvalue weighted by molar-refractivity contribution is -0.138. The summed E-state index contributed by atoms with van der Waals surface area (Å²) < 4.78 is 5.52. The molecule has 1 aliphatic heterocycles. The van der Waals surface area contributed by atoms with Crippen LogP contribution in [0.15, 0.2) is 29.3 Å². The molecule has 0 saturated carbocycles. The number of epoxide rings is 1. The van der Waals surface area contributed by atoms with Crippen molar-refractivity contribution < 1.29 is 24.5 Å². The molecule has 1 amide bonds. The van der Waals surface area contributed by atoms with Crippen LogP contribution < -0.4 is 22.1 Å². The van der Waals surface area contributed by atoms with Crippen LogP contribution >= 0.6 is 0 Å². The molecule has 1 fully saturated rings. The van der Waals surface area contributed by atoms with E-state index in [4.69, 9.17) is 21.3 Å². The molecule has 0 aromatic heterocycles. The zero-order valence-electron chi connectivity index (χ0n) is 15.8. The Kier molecular flexibility index (Phi) is 7.32. The van der Waals surface area contributed by atoms with Crippen LogP contribution in [0.3, 0.4) is 0 Å². The first-order valence-electron chi connectivity index (χ1n) is 8.95. The molecule has 1 aromatic rings. The molecule has 154 valence electrons. The number of aliphatic carboxylic acids is 1. The summed E-state index contributed by atoms with van der Waals surface area (Å²) in [6, 6.07) is 6.34. The largest absolute Gasteiger partial charge is 0.481 e. The van der Waals surface area contributed by atoms with Gasteiger partial charge in [-0.05, 0) is 23.6 Å². The first-order chi connectivity index (χ1) is 13.2. The van der Waals surface area contributed by atoms with Crippen LogP contribution in [0.4, 0.5) is 5.69 Å². The molecule has 1 heterocycles. The average molecular weight is 393 g/mol. The van der Waals surface area contributed by atoms with Crippen LogP contribution in [0.25, 0.3) is 0 Å². The third-order valence-corrected chi connectivity index (χ3v) is 4.25. The fourth-order valence-corrected chi connectivity index (χ4v) is 2.80. The lowest BCUT2D eigenvalue weighted by Gasteiger charge is -2.25. The van der Waals surface area contributed by atoms with E-state index in [1.54, 1.807) is 32.0 Å². The Bertz CT molecular complexity index is 735. The highest BCUT2D eigenvalue weighted by atomic mass is 16.6. The number of carboxylic acids is 1. The van der Waals surface area contributed by atoms with E-state index >= 15 is 0 Å². The summed E-state index contributed by atoms with van der Waals surface area (Å²) in [5, 5.41) is 24.6. The maximum absolute atomic E-state index is 12.1. The summed E-state index contributed by atoms with van der Waals surface area (Å²) in [6.45, 7) is 3.43. The molecule has 8 N–H and O–H groups in total. The van der Waals surface area contributed by atoms with Gasteiger partial charge in [-0.2, -0.15) is 0 Å². The van der Waals surface area contributed by atoms with Crippen LogP contribution in [0.1, 0.15) is 31.9 Å². The number of aliphatic hydroxyl groups is 1. The molecule has 0 radical (unpaired) electrons. The van der Waals surface area contributed by atoms with Crippen molar-refractivity contribution in [2.75, 3.05) is 6.54 Å². The molecule has 10 heteroatoms. The highest BCUT2D eigenvalue weighted by Gasteiger charge is 2.40. The van der Waals surface area contributed by atoms with Gasteiger partial charge in [-0.25, -0.2) is 4.99 Å². The van der Waals surface area contributed by atoms with Crippen molar-refractivity contribution in [2.24, 2.45) is 22.4 Å². The minimum atomic E-state index is -1.09. The van der Waals surface area contributed by atoms with Gasteiger partial charge in [0.1, 0.15) is 12.3 Å². The first kappa shape index (κ1) is 21.6. The van der Waals surface area contributed by atoms with Gasteiger partial charge in [0, 0.05) is 0 Å². The van der Waals surface area contributed by atoms with Crippen molar-refractivity contribution in [3.05, 3.63) is 29.8 Å². The fraction of sp³-hybridized carbons (Fsp3) is 0.500. The molecule has 28 heavy (non-hydrogen) atoms. The maximum Gasteiger partial charge on any atom is 0.305 e. The number of nitrogens with two attached hydrogens (primary N) is 2. The number of rotatable bonds is 10. The molecule has 1 saturated heterocycles. The SMILES string of the molecule is CC(C)C(O)C(CC(=O)O)NC(=O)CNC1OC1c1cccc(N=C(N)N)c1. The predicted molar refractivity (Wildman–Crippen MR) is 103 cm³/mol. The van der Waals surface area contributed by atoms with E-state index in [1.807, 2.05) is 6.07 Å². The zero-order valence-corrected chi connectivity index (χ0v) is 15.8. The van der Waals surface area contributed by atoms with Gasteiger partial charge >= 0.3 is 5.97 Å². The standard InChI is InChI=1S/C18H27N5O5/c1-9(2)15(27)12(7-14(25)26)23-13(24)8-21-17-16(28-17)10-4-3-5-11(6-10)22-18(19)20/h3-6,9,12,15-17,21,27H,7-8H2,1-2H3,(H,23,24)(H,25,26)(H4,19,20,22). The minimum absolute atomic E-state index is 0.0419. The quantitative estimate of drug-likeness (QED) is 0.176. The van der Waals surface area contributed by atoms with Crippen molar-refractivity contribution in [3.8, 4) is 0 Å². The smallest absolute Gasteiger partial charge is 0.305 e. The third kappa shape index (κ3) is 6.48. The number of carboxylic acid groups (broad SMARTS) is 1. The van der Waals surface area contributed by atoms with Crippen molar-refractivity contribution >= 4 is 23.5 Å². The lowest BCUT2D eigenvalue weighted by Crippen LogP contribution is -2.49. The van der Waals surface area contributed by atoms with Gasteiger partial charge in [-0.3, -0.25) is 14.9 Å². The number of hydrogen-bond donors (Lipinski definition) is 6. The van der Waals surface area contributed by atoms with Crippen LogP contribution in [0.2, 0.25) is 0 Å². The predicted octanol–water partition coefficient (Wildman–Crippen LogP) is -0.445. The third-order valence-electron chi connectivity index (χ3n) is 4.25. The van der Waals surface area contributed by atoms with Gasteiger partial charge in [-0.15, -0.1) is 0 Å².